The second kappa shape index (κ2) is 4.89. The molecule has 0 saturated carbocycles. The molecule has 0 bridgehead atoms. The first-order chi connectivity index (χ1) is 9.24. The third-order valence-corrected chi connectivity index (χ3v) is 3.24. The Kier molecular flexibility index (Phi) is 3.08. The molecule has 6 heteroatoms. The lowest BCUT2D eigenvalue weighted by molar-refractivity contribution is 0.0703. The van der Waals surface area contributed by atoms with Crippen LogP contribution in [-0.2, 0) is 0 Å². The first kappa shape index (κ1) is 12.0. The second-order valence-corrected chi connectivity index (χ2v) is 4.75. The predicted octanol–water partition coefficient (Wildman–Crippen LogP) is 1.10. The Labute approximate surface area is 110 Å². The zero-order valence-corrected chi connectivity index (χ0v) is 10.7. The topological polar surface area (TPSA) is 74.2 Å². The molecule has 1 unspecified atom stereocenters. The van der Waals surface area contributed by atoms with Gasteiger partial charge in [-0.2, -0.15) is 5.10 Å². The molecule has 6 nitrogen and oxygen atoms in total. The average Bonchev–Trinajstić information content (AvgIpc) is 3.08. The normalized spacial score (nSPS) is 19.6. The number of nitrogens with zero attached hydrogens (tertiary/aromatic N) is 2. The number of piperazine rings is 1. The molecule has 1 amide bonds. The van der Waals surface area contributed by atoms with Gasteiger partial charge in [-0.05, 0) is 19.1 Å². The summed E-state index contributed by atoms with van der Waals surface area (Å²) in [6.45, 7) is 4.31. The van der Waals surface area contributed by atoms with Crippen LogP contribution in [0.3, 0.4) is 0 Å². The van der Waals surface area contributed by atoms with Crippen molar-refractivity contribution >= 4 is 5.91 Å². The number of carbonyl (C=O) groups is 1. The van der Waals surface area contributed by atoms with Crippen LogP contribution in [-0.4, -0.2) is 46.7 Å². The van der Waals surface area contributed by atoms with Crippen molar-refractivity contribution in [3.63, 3.8) is 0 Å². The number of hydrogen-bond donors (Lipinski definition) is 2. The van der Waals surface area contributed by atoms with Crippen LogP contribution >= 0.6 is 0 Å². The fourth-order valence-electron chi connectivity index (χ4n) is 2.27. The first-order valence-corrected chi connectivity index (χ1v) is 6.36. The van der Waals surface area contributed by atoms with Crippen LogP contribution in [0.4, 0.5) is 0 Å². The summed E-state index contributed by atoms with van der Waals surface area (Å²) >= 11 is 0. The lowest BCUT2D eigenvalue weighted by Gasteiger charge is -2.31. The zero-order valence-electron chi connectivity index (χ0n) is 10.7. The van der Waals surface area contributed by atoms with Crippen molar-refractivity contribution in [3.05, 3.63) is 30.2 Å². The molecule has 1 saturated heterocycles. The van der Waals surface area contributed by atoms with Gasteiger partial charge in [-0.25, -0.2) is 0 Å². The van der Waals surface area contributed by atoms with E-state index in [4.69, 9.17) is 4.42 Å². The molecule has 0 spiro atoms. The van der Waals surface area contributed by atoms with E-state index in [1.165, 1.54) is 0 Å². The number of amides is 1. The standard InChI is InChI=1S/C13H16N4O2/c1-9-8-17(5-4-14-9)13(18)11-7-10(15-16-11)12-3-2-6-19-12/h2-3,6-7,9,14H,4-5,8H2,1H3,(H,15,16). The zero-order chi connectivity index (χ0) is 13.2. The monoisotopic (exact) mass is 260 g/mol. The maximum atomic E-state index is 12.3. The highest BCUT2D eigenvalue weighted by atomic mass is 16.3. The summed E-state index contributed by atoms with van der Waals surface area (Å²) in [4.78, 5) is 14.1. The van der Waals surface area contributed by atoms with E-state index in [0.717, 1.165) is 12.2 Å². The van der Waals surface area contributed by atoms with Gasteiger partial charge in [0.1, 0.15) is 5.69 Å². The smallest absolute Gasteiger partial charge is 0.274 e. The van der Waals surface area contributed by atoms with Gasteiger partial charge >= 0.3 is 0 Å². The Bertz CT molecular complexity index is 561. The minimum absolute atomic E-state index is 0.0394. The van der Waals surface area contributed by atoms with Crippen LogP contribution in [0.2, 0.25) is 0 Å². The Morgan fingerprint density at radius 3 is 3.21 bits per heavy atom. The largest absolute Gasteiger partial charge is 0.463 e. The highest BCUT2D eigenvalue weighted by molar-refractivity contribution is 5.93. The summed E-state index contributed by atoms with van der Waals surface area (Å²) in [5, 5.41) is 10.2. The van der Waals surface area contributed by atoms with Crippen molar-refractivity contribution in [1.82, 2.24) is 20.4 Å². The van der Waals surface area contributed by atoms with Crippen LogP contribution in [0.5, 0.6) is 0 Å². The van der Waals surface area contributed by atoms with Gasteiger partial charge in [0.15, 0.2) is 11.5 Å². The van der Waals surface area contributed by atoms with E-state index in [-0.39, 0.29) is 5.91 Å². The lowest BCUT2D eigenvalue weighted by Crippen LogP contribution is -2.51. The summed E-state index contributed by atoms with van der Waals surface area (Å²) in [6.07, 6.45) is 1.59. The fraction of sp³-hybridized carbons (Fsp3) is 0.385. The molecule has 0 radical (unpaired) electrons. The number of hydrogen-bond acceptors (Lipinski definition) is 4. The minimum Gasteiger partial charge on any atom is -0.463 e. The van der Waals surface area contributed by atoms with Crippen LogP contribution in [0.1, 0.15) is 17.4 Å². The highest BCUT2D eigenvalue weighted by Gasteiger charge is 2.23. The van der Waals surface area contributed by atoms with Crippen molar-refractivity contribution in [2.75, 3.05) is 19.6 Å². The minimum atomic E-state index is -0.0394. The van der Waals surface area contributed by atoms with Crippen LogP contribution in [0, 0.1) is 0 Å². The van der Waals surface area contributed by atoms with E-state index in [1.807, 2.05) is 11.0 Å². The van der Waals surface area contributed by atoms with Crippen LogP contribution < -0.4 is 5.32 Å². The molecular formula is C13H16N4O2. The number of aromatic nitrogens is 2. The SMILES string of the molecule is CC1CN(C(=O)c2cc(-c3ccco3)[nH]n2)CCN1. The van der Waals surface area contributed by atoms with Gasteiger partial charge in [0.05, 0.1) is 6.26 Å². The molecule has 1 aliphatic heterocycles. The molecule has 1 atom stereocenters. The van der Waals surface area contributed by atoms with Crippen molar-refractivity contribution in [3.8, 4) is 11.5 Å². The van der Waals surface area contributed by atoms with Crippen molar-refractivity contribution in [2.24, 2.45) is 0 Å². The Hall–Kier alpha value is -2.08. The average molecular weight is 260 g/mol. The fourth-order valence-corrected chi connectivity index (χ4v) is 2.27. The van der Waals surface area contributed by atoms with Crippen molar-refractivity contribution in [1.29, 1.82) is 0 Å². The van der Waals surface area contributed by atoms with Gasteiger partial charge in [0, 0.05) is 31.7 Å². The number of rotatable bonds is 2. The van der Waals surface area contributed by atoms with Gasteiger partial charge in [-0.3, -0.25) is 9.89 Å². The number of H-pyrrole nitrogens is 1. The summed E-state index contributed by atoms with van der Waals surface area (Å²) in [5.41, 5.74) is 1.15. The Morgan fingerprint density at radius 2 is 2.47 bits per heavy atom. The third-order valence-electron chi connectivity index (χ3n) is 3.24. The van der Waals surface area contributed by atoms with Gasteiger partial charge < -0.3 is 14.6 Å². The van der Waals surface area contributed by atoms with E-state index >= 15 is 0 Å². The summed E-state index contributed by atoms with van der Waals surface area (Å²) in [6, 6.07) is 5.68. The molecule has 1 aliphatic rings. The molecule has 0 aromatic carbocycles. The molecule has 3 heterocycles. The maximum absolute atomic E-state index is 12.3. The first-order valence-electron chi connectivity index (χ1n) is 6.36. The van der Waals surface area contributed by atoms with Crippen LogP contribution in [0.15, 0.2) is 28.9 Å². The summed E-state index contributed by atoms with van der Waals surface area (Å²) in [7, 11) is 0. The molecular weight excluding hydrogens is 244 g/mol. The third kappa shape index (κ3) is 2.39. The highest BCUT2D eigenvalue weighted by Crippen LogP contribution is 2.18. The summed E-state index contributed by atoms with van der Waals surface area (Å²) in [5.74, 6) is 0.641. The molecule has 19 heavy (non-hydrogen) atoms. The van der Waals surface area contributed by atoms with Gasteiger partial charge in [-0.15, -0.1) is 0 Å². The molecule has 3 rings (SSSR count). The number of carbonyl (C=O) groups excluding carboxylic acids is 1. The summed E-state index contributed by atoms with van der Waals surface area (Å²) < 4.78 is 5.27. The number of nitrogens with one attached hydrogen (secondary N) is 2. The predicted molar refractivity (Wildman–Crippen MR) is 69.7 cm³/mol. The molecule has 2 aromatic rings. The van der Waals surface area contributed by atoms with Crippen molar-refractivity contribution < 1.29 is 9.21 Å². The van der Waals surface area contributed by atoms with E-state index in [1.54, 1.807) is 18.4 Å². The second-order valence-electron chi connectivity index (χ2n) is 4.75. The molecule has 2 N–H and O–H groups in total. The van der Waals surface area contributed by atoms with Crippen LogP contribution in [0.25, 0.3) is 11.5 Å². The quantitative estimate of drug-likeness (QED) is 0.848. The molecule has 100 valence electrons. The number of aromatic amines is 1. The maximum Gasteiger partial charge on any atom is 0.274 e. The van der Waals surface area contributed by atoms with Gasteiger partial charge in [0.25, 0.3) is 5.91 Å². The van der Waals surface area contributed by atoms with Gasteiger partial charge in [0.2, 0.25) is 0 Å². The van der Waals surface area contributed by atoms with E-state index in [9.17, 15) is 4.79 Å². The lowest BCUT2D eigenvalue weighted by atomic mass is 10.2. The molecule has 1 fully saturated rings. The van der Waals surface area contributed by atoms with E-state index in [2.05, 4.69) is 22.4 Å². The Morgan fingerprint density at radius 1 is 1.58 bits per heavy atom. The Balaban J connectivity index is 1.77. The molecule has 2 aromatic heterocycles. The van der Waals surface area contributed by atoms with E-state index < -0.39 is 0 Å². The van der Waals surface area contributed by atoms with Gasteiger partial charge in [-0.1, -0.05) is 0 Å². The van der Waals surface area contributed by atoms with E-state index in [0.29, 0.717) is 30.6 Å². The van der Waals surface area contributed by atoms with Crippen molar-refractivity contribution in [2.45, 2.75) is 13.0 Å². The molecule has 0 aliphatic carbocycles. The number of furan rings is 1.